The van der Waals surface area contributed by atoms with Gasteiger partial charge in [0.15, 0.2) is 0 Å². The summed E-state index contributed by atoms with van der Waals surface area (Å²) in [6.07, 6.45) is 8.73. The molecule has 0 saturated carbocycles. The SMILES string of the molecule is CCCCCCCCc1ccc(NS(N)(=O)=O)cc1. The molecule has 0 atom stereocenters. The lowest BCUT2D eigenvalue weighted by atomic mass is 10.0. The summed E-state index contributed by atoms with van der Waals surface area (Å²) in [5.41, 5.74) is 1.74. The first-order chi connectivity index (χ1) is 9.01. The molecule has 0 spiro atoms. The van der Waals surface area contributed by atoms with E-state index >= 15 is 0 Å². The van der Waals surface area contributed by atoms with E-state index < -0.39 is 10.2 Å². The van der Waals surface area contributed by atoms with Crippen LogP contribution in [0.1, 0.15) is 51.0 Å². The Labute approximate surface area is 116 Å². The van der Waals surface area contributed by atoms with Gasteiger partial charge in [0.25, 0.3) is 10.2 Å². The molecule has 3 N–H and O–H groups in total. The van der Waals surface area contributed by atoms with Crippen molar-refractivity contribution in [3.05, 3.63) is 29.8 Å². The second kappa shape index (κ2) is 8.17. The molecule has 0 heterocycles. The van der Waals surface area contributed by atoms with Gasteiger partial charge < -0.3 is 0 Å². The summed E-state index contributed by atoms with van der Waals surface area (Å²) in [6, 6.07) is 7.38. The normalized spacial score (nSPS) is 11.5. The van der Waals surface area contributed by atoms with E-state index in [1.807, 2.05) is 12.1 Å². The fourth-order valence-corrected chi connectivity index (χ4v) is 2.48. The van der Waals surface area contributed by atoms with Crippen LogP contribution in [0.3, 0.4) is 0 Å². The minimum atomic E-state index is -3.67. The molecule has 0 aliphatic rings. The molecular weight excluding hydrogens is 260 g/mol. The van der Waals surface area contributed by atoms with E-state index in [9.17, 15) is 8.42 Å². The number of nitrogens with two attached hydrogens (primary N) is 1. The monoisotopic (exact) mass is 284 g/mol. The molecular formula is C14H24N2O2S. The second-order valence-corrected chi connectivity index (χ2v) is 6.16. The van der Waals surface area contributed by atoms with Crippen molar-refractivity contribution in [1.82, 2.24) is 0 Å². The molecule has 0 amide bonds. The molecule has 0 bridgehead atoms. The van der Waals surface area contributed by atoms with Crippen LogP contribution in [0.25, 0.3) is 0 Å². The molecule has 0 radical (unpaired) electrons. The summed E-state index contributed by atoms with van der Waals surface area (Å²) in [4.78, 5) is 0. The molecule has 4 nitrogen and oxygen atoms in total. The smallest absolute Gasteiger partial charge is 0.271 e. The number of benzene rings is 1. The highest BCUT2D eigenvalue weighted by atomic mass is 32.2. The third kappa shape index (κ3) is 7.85. The quantitative estimate of drug-likeness (QED) is 0.683. The number of hydrogen-bond donors (Lipinski definition) is 2. The van der Waals surface area contributed by atoms with Crippen molar-refractivity contribution in [2.24, 2.45) is 5.14 Å². The van der Waals surface area contributed by atoms with Crippen LogP contribution in [0.5, 0.6) is 0 Å². The van der Waals surface area contributed by atoms with E-state index in [2.05, 4.69) is 11.6 Å². The van der Waals surface area contributed by atoms with Gasteiger partial charge >= 0.3 is 0 Å². The molecule has 1 aromatic rings. The van der Waals surface area contributed by atoms with Gasteiger partial charge in [-0.1, -0.05) is 51.2 Å². The Morgan fingerprint density at radius 3 is 2.16 bits per heavy atom. The maximum Gasteiger partial charge on any atom is 0.296 e. The number of hydrogen-bond acceptors (Lipinski definition) is 2. The van der Waals surface area contributed by atoms with Gasteiger partial charge in [-0.3, -0.25) is 4.72 Å². The van der Waals surface area contributed by atoms with Crippen LogP contribution >= 0.6 is 0 Å². The van der Waals surface area contributed by atoms with Crippen LogP contribution in [0.15, 0.2) is 24.3 Å². The summed E-state index contributed by atoms with van der Waals surface area (Å²) < 4.78 is 23.9. The van der Waals surface area contributed by atoms with Crippen molar-refractivity contribution in [3.8, 4) is 0 Å². The van der Waals surface area contributed by atoms with Gasteiger partial charge in [0.2, 0.25) is 0 Å². The van der Waals surface area contributed by atoms with E-state index in [0.29, 0.717) is 5.69 Å². The Hall–Kier alpha value is -1.07. The summed E-state index contributed by atoms with van der Waals surface area (Å²) >= 11 is 0. The largest absolute Gasteiger partial charge is 0.296 e. The van der Waals surface area contributed by atoms with E-state index in [1.165, 1.54) is 44.1 Å². The molecule has 108 valence electrons. The molecule has 0 unspecified atom stereocenters. The Morgan fingerprint density at radius 2 is 1.58 bits per heavy atom. The van der Waals surface area contributed by atoms with E-state index in [1.54, 1.807) is 12.1 Å². The van der Waals surface area contributed by atoms with Crippen molar-refractivity contribution in [1.29, 1.82) is 0 Å². The van der Waals surface area contributed by atoms with Crippen LogP contribution in [0, 0.1) is 0 Å². The molecule has 19 heavy (non-hydrogen) atoms. The molecule has 1 rings (SSSR count). The summed E-state index contributed by atoms with van der Waals surface area (Å²) in [7, 11) is -3.67. The molecule has 0 aliphatic heterocycles. The Balaban J connectivity index is 2.28. The summed E-state index contributed by atoms with van der Waals surface area (Å²) in [5.74, 6) is 0. The molecule has 0 saturated heterocycles. The van der Waals surface area contributed by atoms with Gasteiger partial charge in [0.1, 0.15) is 0 Å². The highest BCUT2D eigenvalue weighted by Gasteiger charge is 2.01. The highest BCUT2D eigenvalue weighted by Crippen LogP contribution is 2.13. The topological polar surface area (TPSA) is 72.2 Å². The Kier molecular flexibility index (Phi) is 6.87. The number of aryl methyl sites for hydroxylation is 1. The Morgan fingerprint density at radius 1 is 1.00 bits per heavy atom. The third-order valence-corrected chi connectivity index (χ3v) is 3.55. The van der Waals surface area contributed by atoms with Crippen molar-refractivity contribution in [2.45, 2.75) is 51.9 Å². The molecule has 0 fully saturated rings. The van der Waals surface area contributed by atoms with Crippen molar-refractivity contribution in [3.63, 3.8) is 0 Å². The van der Waals surface area contributed by atoms with E-state index in [4.69, 9.17) is 5.14 Å². The van der Waals surface area contributed by atoms with Gasteiger partial charge in [-0.05, 0) is 30.5 Å². The average molecular weight is 284 g/mol. The molecule has 0 aliphatic carbocycles. The zero-order chi connectivity index (χ0) is 14.1. The van der Waals surface area contributed by atoms with Crippen LogP contribution < -0.4 is 9.86 Å². The van der Waals surface area contributed by atoms with Crippen molar-refractivity contribution < 1.29 is 8.42 Å². The van der Waals surface area contributed by atoms with Gasteiger partial charge in [-0.15, -0.1) is 0 Å². The van der Waals surface area contributed by atoms with Gasteiger partial charge in [0, 0.05) is 5.69 Å². The van der Waals surface area contributed by atoms with Gasteiger partial charge in [0.05, 0.1) is 0 Å². The number of rotatable bonds is 9. The zero-order valence-corrected chi connectivity index (χ0v) is 12.4. The zero-order valence-electron chi connectivity index (χ0n) is 11.6. The number of unbranched alkanes of at least 4 members (excludes halogenated alkanes) is 5. The van der Waals surface area contributed by atoms with Crippen molar-refractivity contribution in [2.75, 3.05) is 4.72 Å². The third-order valence-electron chi connectivity index (χ3n) is 3.03. The van der Waals surface area contributed by atoms with Gasteiger partial charge in [-0.25, -0.2) is 5.14 Å². The van der Waals surface area contributed by atoms with E-state index in [-0.39, 0.29) is 0 Å². The lowest BCUT2D eigenvalue weighted by molar-refractivity contribution is 0.603. The minimum Gasteiger partial charge on any atom is -0.271 e. The van der Waals surface area contributed by atoms with Crippen LogP contribution in [-0.4, -0.2) is 8.42 Å². The van der Waals surface area contributed by atoms with E-state index in [0.717, 1.165) is 6.42 Å². The molecule has 5 heteroatoms. The Bertz CT molecular complexity index is 455. The maximum atomic E-state index is 10.8. The molecule has 1 aromatic carbocycles. The number of nitrogens with one attached hydrogen (secondary N) is 1. The predicted molar refractivity (Wildman–Crippen MR) is 80.3 cm³/mol. The number of anilines is 1. The van der Waals surface area contributed by atoms with Gasteiger partial charge in [-0.2, -0.15) is 8.42 Å². The average Bonchev–Trinajstić information content (AvgIpc) is 2.34. The highest BCUT2D eigenvalue weighted by molar-refractivity contribution is 7.90. The fourth-order valence-electron chi connectivity index (χ4n) is 2.01. The molecule has 0 aromatic heterocycles. The summed E-state index contributed by atoms with van der Waals surface area (Å²) in [5, 5.41) is 4.90. The van der Waals surface area contributed by atoms with Crippen LogP contribution in [-0.2, 0) is 16.6 Å². The second-order valence-electron chi connectivity index (χ2n) is 4.86. The van der Waals surface area contributed by atoms with Crippen LogP contribution in [0.4, 0.5) is 5.69 Å². The summed E-state index contributed by atoms with van der Waals surface area (Å²) in [6.45, 7) is 2.22. The van der Waals surface area contributed by atoms with Crippen molar-refractivity contribution >= 4 is 15.9 Å². The maximum absolute atomic E-state index is 10.8. The first kappa shape index (κ1) is 16.0. The predicted octanol–water partition coefficient (Wildman–Crippen LogP) is 3.21. The standard InChI is InChI=1S/C14H24N2O2S/c1-2-3-4-5-6-7-8-13-9-11-14(12-10-13)16-19(15,17)18/h9-12,16H,2-8H2,1H3,(H2,15,17,18). The van der Waals surface area contributed by atoms with Crippen LogP contribution in [0.2, 0.25) is 0 Å². The lowest BCUT2D eigenvalue weighted by Crippen LogP contribution is -2.21. The first-order valence-corrected chi connectivity index (χ1v) is 8.45. The lowest BCUT2D eigenvalue weighted by Gasteiger charge is -2.05. The minimum absolute atomic E-state index is 0.509. The first-order valence-electron chi connectivity index (χ1n) is 6.91. The fraction of sp³-hybridized carbons (Fsp3) is 0.571.